The number of carbonyl (C=O) groups excluding carboxylic acids is 1. The largest absolute Gasteiger partial charge is 0.354 e. The maximum atomic E-state index is 12.1. The van der Waals surface area contributed by atoms with Crippen molar-refractivity contribution < 1.29 is 4.79 Å². The van der Waals surface area contributed by atoms with Crippen LogP contribution in [0.3, 0.4) is 0 Å². The Morgan fingerprint density at radius 3 is 2.67 bits per heavy atom. The summed E-state index contributed by atoms with van der Waals surface area (Å²) in [5.41, 5.74) is 5.86. The van der Waals surface area contributed by atoms with Crippen LogP contribution in [0.4, 0.5) is 0 Å². The normalized spacial score (nSPS) is 22.3. The first-order valence-electron chi connectivity index (χ1n) is 6.81. The Morgan fingerprint density at radius 1 is 1.48 bits per heavy atom. The Morgan fingerprint density at radius 2 is 2.19 bits per heavy atom. The quantitative estimate of drug-likeness (QED) is 0.854. The molecule has 3 N–H and O–H groups in total. The number of nitrogens with zero attached hydrogens (tertiary/aromatic N) is 1. The molecule has 1 aliphatic rings. The molecule has 1 heterocycles. The first kappa shape index (κ1) is 20.7. The van der Waals surface area contributed by atoms with E-state index < -0.39 is 0 Å². The summed E-state index contributed by atoms with van der Waals surface area (Å²) < 4.78 is 0. The molecule has 0 saturated heterocycles. The highest BCUT2D eigenvalue weighted by atomic mass is 35.5. The lowest BCUT2D eigenvalue weighted by atomic mass is 10.1. The second-order valence-electron chi connectivity index (χ2n) is 5.51. The van der Waals surface area contributed by atoms with Crippen LogP contribution in [0.5, 0.6) is 0 Å². The van der Waals surface area contributed by atoms with E-state index in [2.05, 4.69) is 21.7 Å². The maximum absolute atomic E-state index is 12.1. The first-order chi connectivity index (χ1) is 9.08. The minimum absolute atomic E-state index is 0. The SMILES string of the molecule is CN(C)C(CNC(=O)C1CCC(N)C1)c1cccs1.Cl.Cl. The summed E-state index contributed by atoms with van der Waals surface area (Å²) in [5, 5.41) is 5.16. The van der Waals surface area contributed by atoms with Crippen molar-refractivity contribution in [3.63, 3.8) is 0 Å². The number of likely N-dealkylation sites (N-methyl/N-ethyl adjacent to an activating group) is 1. The van der Waals surface area contributed by atoms with E-state index in [-0.39, 0.29) is 48.7 Å². The minimum Gasteiger partial charge on any atom is -0.354 e. The van der Waals surface area contributed by atoms with E-state index in [0.717, 1.165) is 19.3 Å². The van der Waals surface area contributed by atoms with Gasteiger partial charge in [-0.2, -0.15) is 0 Å². The highest BCUT2D eigenvalue weighted by Gasteiger charge is 2.28. The van der Waals surface area contributed by atoms with Gasteiger partial charge in [-0.3, -0.25) is 4.79 Å². The molecule has 2 rings (SSSR count). The van der Waals surface area contributed by atoms with E-state index in [1.807, 2.05) is 20.2 Å². The average molecular weight is 354 g/mol. The highest BCUT2D eigenvalue weighted by Crippen LogP contribution is 2.25. The van der Waals surface area contributed by atoms with Gasteiger partial charge in [0.15, 0.2) is 0 Å². The summed E-state index contributed by atoms with van der Waals surface area (Å²) in [4.78, 5) is 15.5. The molecular formula is C14H25Cl2N3OS. The van der Waals surface area contributed by atoms with Crippen LogP contribution in [0, 0.1) is 5.92 Å². The molecule has 0 spiro atoms. The van der Waals surface area contributed by atoms with E-state index in [1.165, 1.54) is 4.88 Å². The molecule has 122 valence electrons. The fourth-order valence-corrected chi connectivity index (χ4v) is 3.54. The van der Waals surface area contributed by atoms with Crippen LogP contribution >= 0.6 is 36.2 Å². The van der Waals surface area contributed by atoms with E-state index in [0.29, 0.717) is 6.54 Å². The van der Waals surface area contributed by atoms with Gasteiger partial charge in [0.2, 0.25) is 5.91 Å². The standard InChI is InChI=1S/C14H23N3OS.2ClH/c1-17(2)12(13-4-3-7-19-13)9-16-14(18)10-5-6-11(15)8-10;;/h3-4,7,10-12H,5-6,8-9,15H2,1-2H3,(H,16,18);2*1H. The van der Waals surface area contributed by atoms with Crippen molar-refractivity contribution in [3.05, 3.63) is 22.4 Å². The molecular weight excluding hydrogens is 329 g/mol. The summed E-state index contributed by atoms with van der Waals surface area (Å²) in [7, 11) is 4.09. The summed E-state index contributed by atoms with van der Waals surface area (Å²) >= 11 is 1.73. The van der Waals surface area contributed by atoms with Crippen LogP contribution < -0.4 is 11.1 Å². The first-order valence-corrected chi connectivity index (χ1v) is 7.69. The van der Waals surface area contributed by atoms with Gasteiger partial charge in [-0.15, -0.1) is 36.2 Å². The summed E-state index contributed by atoms with van der Waals surface area (Å²) in [6, 6.07) is 4.62. The lowest BCUT2D eigenvalue weighted by Gasteiger charge is -2.24. The third-order valence-electron chi connectivity index (χ3n) is 3.81. The van der Waals surface area contributed by atoms with Crippen molar-refractivity contribution in [2.24, 2.45) is 11.7 Å². The van der Waals surface area contributed by atoms with Crippen LogP contribution in [-0.4, -0.2) is 37.5 Å². The van der Waals surface area contributed by atoms with Crippen molar-refractivity contribution in [3.8, 4) is 0 Å². The van der Waals surface area contributed by atoms with Gasteiger partial charge < -0.3 is 16.0 Å². The Bertz CT molecular complexity index is 414. The van der Waals surface area contributed by atoms with Crippen LogP contribution in [0.2, 0.25) is 0 Å². The molecule has 21 heavy (non-hydrogen) atoms. The number of halogens is 2. The lowest BCUT2D eigenvalue weighted by molar-refractivity contribution is -0.125. The van der Waals surface area contributed by atoms with Crippen molar-refractivity contribution >= 4 is 42.1 Å². The summed E-state index contributed by atoms with van der Waals surface area (Å²) in [6.07, 6.45) is 2.73. The molecule has 1 aromatic rings. The lowest BCUT2D eigenvalue weighted by Crippen LogP contribution is -2.37. The van der Waals surface area contributed by atoms with E-state index in [9.17, 15) is 4.79 Å². The molecule has 0 aliphatic heterocycles. The number of nitrogens with one attached hydrogen (secondary N) is 1. The Kier molecular flexibility index (Phi) is 9.49. The van der Waals surface area contributed by atoms with Gasteiger partial charge in [-0.25, -0.2) is 0 Å². The van der Waals surface area contributed by atoms with Gasteiger partial charge in [0.05, 0.1) is 6.04 Å². The number of thiophene rings is 1. The van der Waals surface area contributed by atoms with Crippen molar-refractivity contribution in [2.45, 2.75) is 31.3 Å². The van der Waals surface area contributed by atoms with E-state index in [1.54, 1.807) is 11.3 Å². The summed E-state index contributed by atoms with van der Waals surface area (Å²) in [6.45, 7) is 0.665. The fourth-order valence-electron chi connectivity index (χ4n) is 2.61. The molecule has 0 bridgehead atoms. The predicted molar refractivity (Wildman–Crippen MR) is 93.6 cm³/mol. The fraction of sp³-hybridized carbons (Fsp3) is 0.643. The molecule has 1 fully saturated rings. The summed E-state index contributed by atoms with van der Waals surface area (Å²) in [5.74, 6) is 0.275. The van der Waals surface area contributed by atoms with E-state index >= 15 is 0 Å². The molecule has 1 aromatic heterocycles. The second-order valence-corrected chi connectivity index (χ2v) is 6.49. The van der Waals surface area contributed by atoms with Crippen LogP contribution in [-0.2, 0) is 4.79 Å². The molecule has 3 atom stereocenters. The Hall–Kier alpha value is -0.330. The van der Waals surface area contributed by atoms with Gasteiger partial charge in [-0.1, -0.05) is 6.07 Å². The van der Waals surface area contributed by atoms with Crippen LogP contribution in [0.1, 0.15) is 30.2 Å². The molecule has 7 heteroatoms. The number of rotatable bonds is 5. The van der Waals surface area contributed by atoms with Crippen LogP contribution in [0.15, 0.2) is 17.5 Å². The highest BCUT2D eigenvalue weighted by molar-refractivity contribution is 7.10. The molecule has 3 unspecified atom stereocenters. The molecule has 0 radical (unpaired) electrons. The topological polar surface area (TPSA) is 58.4 Å². The van der Waals surface area contributed by atoms with Crippen molar-refractivity contribution in [2.75, 3.05) is 20.6 Å². The number of nitrogens with two attached hydrogens (primary N) is 1. The zero-order valence-corrected chi connectivity index (χ0v) is 14.9. The van der Waals surface area contributed by atoms with Crippen LogP contribution in [0.25, 0.3) is 0 Å². The zero-order chi connectivity index (χ0) is 13.8. The van der Waals surface area contributed by atoms with Crippen molar-refractivity contribution in [1.29, 1.82) is 0 Å². The number of amides is 1. The number of hydrogen-bond donors (Lipinski definition) is 2. The van der Waals surface area contributed by atoms with E-state index in [4.69, 9.17) is 5.73 Å². The monoisotopic (exact) mass is 353 g/mol. The number of hydrogen-bond acceptors (Lipinski definition) is 4. The second kappa shape index (κ2) is 9.64. The Balaban J connectivity index is 0.00000200. The van der Waals surface area contributed by atoms with Gasteiger partial charge in [-0.05, 0) is 44.8 Å². The van der Waals surface area contributed by atoms with Crippen molar-refractivity contribution in [1.82, 2.24) is 10.2 Å². The smallest absolute Gasteiger partial charge is 0.223 e. The minimum atomic E-state index is 0. The molecule has 0 aromatic carbocycles. The third kappa shape index (κ3) is 5.75. The molecule has 1 amide bonds. The third-order valence-corrected chi connectivity index (χ3v) is 4.78. The Labute approximate surface area is 143 Å². The predicted octanol–water partition coefficient (Wildman–Crippen LogP) is 2.44. The van der Waals surface area contributed by atoms with Gasteiger partial charge in [0.25, 0.3) is 0 Å². The van der Waals surface area contributed by atoms with Gasteiger partial charge in [0.1, 0.15) is 0 Å². The maximum Gasteiger partial charge on any atom is 0.223 e. The molecule has 4 nitrogen and oxygen atoms in total. The van der Waals surface area contributed by atoms with Gasteiger partial charge >= 0.3 is 0 Å². The zero-order valence-electron chi connectivity index (χ0n) is 12.5. The van der Waals surface area contributed by atoms with Gasteiger partial charge in [0, 0.05) is 23.4 Å². The number of carbonyl (C=O) groups is 1. The molecule has 1 saturated carbocycles. The average Bonchev–Trinajstić information content (AvgIpc) is 3.00. The molecule has 1 aliphatic carbocycles.